The van der Waals surface area contributed by atoms with E-state index in [9.17, 15) is 18.3 Å². The van der Waals surface area contributed by atoms with Crippen LogP contribution in [0.2, 0.25) is 0 Å². The quantitative estimate of drug-likeness (QED) is 0.708. The highest BCUT2D eigenvalue weighted by Crippen LogP contribution is 2.43. The molecule has 3 rings (SSSR count). The van der Waals surface area contributed by atoms with E-state index in [0.717, 1.165) is 45.4 Å². The Bertz CT molecular complexity index is 685. The van der Waals surface area contributed by atoms with Crippen molar-refractivity contribution in [3.05, 3.63) is 23.8 Å². The van der Waals surface area contributed by atoms with E-state index >= 15 is 0 Å². The normalized spacial score (nSPS) is 21.9. The molecule has 1 aliphatic carbocycles. The topological polar surface area (TPSA) is 45.2 Å². The Labute approximate surface area is 176 Å². The van der Waals surface area contributed by atoms with E-state index in [1.165, 1.54) is 12.1 Å². The van der Waals surface area contributed by atoms with Crippen LogP contribution in [0.25, 0.3) is 0 Å². The summed E-state index contributed by atoms with van der Waals surface area (Å²) in [6.07, 6.45) is -0.548. The van der Waals surface area contributed by atoms with Crippen LogP contribution >= 0.6 is 0 Å². The van der Waals surface area contributed by atoms with Gasteiger partial charge in [-0.2, -0.15) is 0 Å². The Morgan fingerprint density at radius 3 is 2.33 bits per heavy atom. The third kappa shape index (κ3) is 6.02. The molecule has 1 unspecified atom stereocenters. The van der Waals surface area contributed by atoms with Crippen molar-refractivity contribution < 1.29 is 27.8 Å². The summed E-state index contributed by atoms with van der Waals surface area (Å²) in [7, 11) is 2.08. The number of benzene rings is 1. The second kappa shape index (κ2) is 9.75. The van der Waals surface area contributed by atoms with E-state index in [1.807, 2.05) is 0 Å². The van der Waals surface area contributed by atoms with Crippen LogP contribution in [0.5, 0.6) is 11.5 Å². The number of likely N-dealkylation sites (N-methyl/N-ethyl adjacent to an activating group) is 1. The Morgan fingerprint density at radius 2 is 1.73 bits per heavy atom. The largest absolute Gasteiger partial charge is 0.573 e. The van der Waals surface area contributed by atoms with E-state index in [0.29, 0.717) is 24.9 Å². The van der Waals surface area contributed by atoms with E-state index in [4.69, 9.17) is 4.74 Å². The van der Waals surface area contributed by atoms with Gasteiger partial charge in [0.1, 0.15) is 0 Å². The molecule has 1 atom stereocenters. The van der Waals surface area contributed by atoms with E-state index in [-0.39, 0.29) is 24.0 Å². The van der Waals surface area contributed by atoms with Crippen LogP contribution in [0.15, 0.2) is 18.2 Å². The van der Waals surface area contributed by atoms with Crippen molar-refractivity contribution in [2.45, 2.75) is 56.9 Å². The number of rotatable bonds is 7. The summed E-state index contributed by atoms with van der Waals surface area (Å²) in [6.45, 7) is 6.21. The smallest absolute Gasteiger partial charge is 0.490 e. The summed E-state index contributed by atoms with van der Waals surface area (Å²) in [4.78, 5) is 4.56. The fraction of sp³-hybridized carbons (Fsp3) is 0.727. The lowest BCUT2D eigenvalue weighted by Crippen LogP contribution is -2.50. The average molecular weight is 431 g/mol. The number of nitrogens with zero attached hydrogens (tertiary/aromatic N) is 2. The summed E-state index contributed by atoms with van der Waals surface area (Å²) >= 11 is 0. The minimum absolute atomic E-state index is 0.0626. The van der Waals surface area contributed by atoms with Crippen molar-refractivity contribution in [1.29, 1.82) is 0 Å². The zero-order valence-corrected chi connectivity index (χ0v) is 17.9. The first-order chi connectivity index (χ1) is 14.2. The Hall–Kier alpha value is -1.51. The van der Waals surface area contributed by atoms with Crippen LogP contribution in [0.4, 0.5) is 13.2 Å². The molecule has 1 aliphatic heterocycles. The third-order valence-electron chi connectivity index (χ3n) is 6.30. The molecule has 0 radical (unpaired) electrons. The zero-order chi connectivity index (χ0) is 21.8. The van der Waals surface area contributed by atoms with Crippen LogP contribution < -0.4 is 9.47 Å². The zero-order valence-electron chi connectivity index (χ0n) is 17.9. The van der Waals surface area contributed by atoms with E-state index in [2.05, 4.69) is 21.6 Å². The van der Waals surface area contributed by atoms with Crippen molar-refractivity contribution in [1.82, 2.24) is 9.80 Å². The van der Waals surface area contributed by atoms with Gasteiger partial charge in [-0.3, -0.25) is 0 Å². The lowest BCUT2D eigenvalue weighted by atomic mass is 9.72. The molecule has 1 N–H and O–H groups in total. The van der Waals surface area contributed by atoms with Gasteiger partial charge in [-0.15, -0.1) is 13.2 Å². The minimum Gasteiger partial charge on any atom is -0.490 e. The fourth-order valence-corrected chi connectivity index (χ4v) is 4.61. The number of hydrogen-bond acceptors (Lipinski definition) is 5. The second-order valence-electron chi connectivity index (χ2n) is 8.51. The van der Waals surface area contributed by atoms with Gasteiger partial charge in [0.2, 0.25) is 0 Å². The molecular weight excluding hydrogens is 397 g/mol. The SMILES string of the molecule is CCOc1ccc(C(CN2CCN(C)CC2)C2(O)CCCCC2)cc1OC(F)(F)F. The van der Waals surface area contributed by atoms with Crippen LogP contribution in [0.3, 0.4) is 0 Å². The van der Waals surface area contributed by atoms with Crippen LogP contribution in [-0.2, 0) is 0 Å². The summed E-state index contributed by atoms with van der Waals surface area (Å²) in [5.41, 5.74) is -0.259. The molecule has 0 spiro atoms. The average Bonchev–Trinajstić information content (AvgIpc) is 2.68. The van der Waals surface area contributed by atoms with Crippen molar-refractivity contribution in [3.8, 4) is 11.5 Å². The molecular formula is C22H33F3N2O3. The first kappa shape index (κ1) is 23.2. The number of hydrogen-bond donors (Lipinski definition) is 1. The molecule has 170 valence electrons. The molecule has 8 heteroatoms. The minimum atomic E-state index is -4.81. The van der Waals surface area contributed by atoms with Gasteiger partial charge in [-0.1, -0.05) is 25.3 Å². The second-order valence-corrected chi connectivity index (χ2v) is 8.51. The fourth-order valence-electron chi connectivity index (χ4n) is 4.61. The lowest BCUT2D eigenvalue weighted by molar-refractivity contribution is -0.275. The van der Waals surface area contributed by atoms with Crippen molar-refractivity contribution in [2.24, 2.45) is 0 Å². The molecule has 1 aromatic rings. The van der Waals surface area contributed by atoms with Gasteiger partial charge >= 0.3 is 6.36 Å². The Morgan fingerprint density at radius 1 is 1.07 bits per heavy atom. The molecule has 1 heterocycles. The Kier molecular flexibility index (Phi) is 7.52. The summed E-state index contributed by atoms with van der Waals surface area (Å²) in [5.74, 6) is -0.565. The van der Waals surface area contributed by atoms with Crippen molar-refractivity contribution in [2.75, 3.05) is 46.4 Å². The maximum Gasteiger partial charge on any atom is 0.573 e. The maximum atomic E-state index is 13.0. The first-order valence-electron chi connectivity index (χ1n) is 10.9. The molecule has 2 fully saturated rings. The molecule has 1 saturated heterocycles. The Balaban J connectivity index is 1.92. The molecule has 5 nitrogen and oxygen atoms in total. The van der Waals surface area contributed by atoms with Crippen LogP contribution in [0, 0.1) is 0 Å². The molecule has 0 amide bonds. The number of halogens is 3. The summed E-state index contributed by atoms with van der Waals surface area (Å²) < 4.78 is 48.6. The van der Waals surface area contributed by atoms with Gasteiger partial charge in [0.05, 0.1) is 12.2 Å². The maximum absolute atomic E-state index is 13.0. The highest BCUT2D eigenvalue weighted by atomic mass is 19.4. The van der Waals surface area contributed by atoms with Gasteiger partial charge in [-0.05, 0) is 44.5 Å². The van der Waals surface area contributed by atoms with Crippen molar-refractivity contribution in [3.63, 3.8) is 0 Å². The monoisotopic (exact) mass is 430 g/mol. The van der Waals surface area contributed by atoms with Gasteiger partial charge < -0.3 is 24.4 Å². The predicted octanol–water partition coefficient (Wildman–Crippen LogP) is 4.01. The number of ether oxygens (including phenoxy) is 2. The summed E-state index contributed by atoms with van der Waals surface area (Å²) in [6, 6.07) is 4.72. The highest BCUT2D eigenvalue weighted by Gasteiger charge is 2.41. The standard InChI is InChI=1S/C22H33F3N2O3/c1-3-29-19-8-7-17(15-20(19)30-22(23,24)25)18(21(28)9-5-4-6-10-21)16-27-13-11-26(2)12-14-27/h7-8,15,18,28H,3-6,9-14,16H2,1-2H3. The highest BCUT2D eigenvalue weighted by molar-refractivity contribution is 5.45. The van der Waals surface area contributed by atoms with Crippen LogP contribution in [-0.4, -0.2) is 73.2 Å². The van der Waals surface area contributed by atoms with Gasteiger partial charge in [0.15, 0.2) is 11.5 Å². The molecule has 2 aliphatic rings. The predicted molar refractivity (Wildman–Crippen MR) is 109 cm³/mol. The molecule has 0 aromatic heterocycles. The van der Waals surface area contributed by atoms with Gasteiger partial charge in [0, 0.05) is 38.6 Å². The van der Waals surface area contributed by atoms with Gasteiger partial charge in [0.25, 0.3) is 0 Å². The van der Waals surface area contributed by atoms with Gasteiger partial charge in [-0.25, -0.2) is 0 Å². The van der Waals surface area contributed by atoms with Crippen molar-refractivity contribution >= 4 is 0 Å². The molecule has 30 heavy (non-hydrogen) atoms. The molecule has 1 aromatic carbocycles. The third-order valence-corrected chi connectivity index (χ3v) is 6.30. The lowest BCUT2D eigenvalue weighted by Gasteiger charge is -2.43. The van der Waals surface area contributed by atoms with Crippen LogP contribution in [0.1, 0.15) is 50.5 Å². The molecule has 0 bridgehead atoms. The van der Waals surface area contributed by atoms with E-state index < -0.39 is 12.0 Å². The summed E-state index contributed by atoms with van der Waals surface area (Å²) in [5, 5.41) is 11.5. The van der Waals surface area contributed by atoms with E-state index in [1.54, 1.807) is 13.0 Å². The molecule has 1 saturated carbocycles. The first-order valence-corrected chi connectivity index (χ1v) is 10.9. The number of piperazine rings is 1. The number of alkyl halides is 3. The number of aliphatic hydroxyl groups is 1.